The molecule has 0 saturated heterocycles. The number of hydrogen-bond acceptors (Lipinski definition) is 6. The molecule has 8 atom stereocenters. The zero-order valence-corrected chi connectivity index (χ0v) is 18.1. The van der Waals surface area contributed by atoms with Gasteiger partial charge in [-0.2, -0.15) is 0 Å². The van der Waals surface area contributed by atoms with Gasteiger partial charge in [-0.15, -0.1) is 11.6 Å². The summed E-state index contributed by atoms with van der Waals surface area (Å²) < 4.78 is 11.1. The van der Waals surface area contributed by atoms with Gasteiger partial charge in [0, 0.05) is 23.8 Å². The largest absolute Gasteiger partial charge is 0.462 e. The topological polar surface area (TPSA) is 89.9 Å². The third-order valence-electron chi connectivity index (χ3n) is 8.60. The number of Topliss-reactive ketones (excluding diaryl/α,β-unsaturated/α-hetero) is 1. The van der Waals surface area contributed by atoms with Crippen molar-refractivity contribution in [3.63, 3.8) is 0 Å². The number of carbonyl (C=O) groups excluding carboxylic acids is 3. The summed E-state index contributed by atoms with van der Waals surface area (Å²) in [6, 6.07) is 0. The maximum absolute atomic E-state index is 12.8. The van der Waals surface area contributed by atoms with E-state index in [0.717, 1.165) is 12.0 Å². The summed E-state index contributed by atoms with van der Waals surface area (Å²) in [5.41, 5.74) is -1.41. The average Bonchev–Trinajstić information content (AvgIpc) is 2.94. The van der Waals surface area contributed by atoms with Crippen molar-refractivity contribution in [3.05, 3.63) is 11.6 Å². The number of esters is 2. The van der Waals surface area contributed by atoms with Gasteiger partial charge in [0.05, 0.1) is 11.5 Å². The van der Waals surface area contributed by atoms with E-state index in [-0.39, 0.29) is 30.1 Å². The van der Waals surface area contributed by atoms with Gasteiger partial charge in [0.1, 0.15) is 6.61 Å². The summed E-state index contributed by atoms with van der Waals surface area (Å²) in [6.45, 7) is 7.17. The predicted molar refractivity (Wildman–Crippen MR) is 105 cm³/mol. The Labute approximate surface area is 175 Å². The molecule has 1 heterocycles. The van der Waals surface area contributed by atoms with Crippen molar-refractivity contribution in [3.8, 4) is 0 Å². The second kappa shape index (κ2) is 6.55. The lowest BCUT2D eigenvalue weighted by Crippen LogP contribution is -2.63. The van der Waals surface area contributed by atoms with Crippen molar-refractivity contribution in [2.75, 3.05) is 6.61 Å². The van der Waals surface area contributed by atoms with E-state index in [2.05, 4.69) is 6.92 Å². The van der Waals surface area contributed by atoms with E-state index in [1.807, 2.05) is 6.92 Å². The van der Waals surface area contributed by atoms with Gasteiger partial charge in [-0.1, -0.05) is 13.8 Å². The molecule has 0 radical (unpaired) electrons. The second-order valence-corrected chi connectivity index (χ2v) is 10.2. The SMILES string of the molecule is CC(=O)O[C@]1(C(C)=O)CC[C@H]2[C@@H]3[C@H](O)[C@H](Cl)C4=CC(=O)OC[C@]4(C)[C@H]3CC[C@@]21C. The lowest BCUT2D eigenvalue weighted by molar-refractivity contribution is -0.193. The lowest BCUT2D eigenvalue weighted by atomic mass is 9.46. The highest BCUT2D eigenvalue weighted by molar-refractivity contribution is 6.23. The summed E-state index contributed by atoms with van der Waals surface area (Å²) in [5.74, 6) is -1.11. The van der Waals surface area contributed by atoms with Crippen molar-refractivity contribution in [2.24, 2.45) is 28.6 Å². The highest BCUT2D eigenvalue weighted by atomic mass is 35.5. The molecular weight excluding hydrogens is 396 g/mol. The van der Waals surface area contributed by atoms with Gasteiger partial charge in [-0.25, -0.2) is 4.79 Å². The Hall–Kier alpha value is -1.40. The number of ketones is 1. The molecule has 160 valence electrons. The fourth-order valence-corrected chi connectivity index (χ4v) is 7.69. The first kappa shape index (κ1) is 20.9. The molecule has 0 aromatic rings. The molecule has 1 aliphatic heterocycles. The number of hydrogen-bond donors (Lipinski definition) is 1. The van der Waals surface area contributed by atoms with Crippen molar-refractivity contribution in [2.45, 2.75) is 70.5 Å². The van der Waals surface area contributed by atoms with Crippen LogP contribution in [-0.2, 0) is 23.9 Å². The molecule has 7 heteroatoms. The number of rotatable bonds is 2. The van der Waals surface area contributed by atoms with E-state index in [0.29, 0.717) is 19.3 Å². The van der Waals surface area contributed by atoms with Crippen LogP contribution in [0.1, 0.15) is 53.4 Å². The highest BCUT2D eigenvalue weighted by Gasteiger charge is 2.70. The number of aliphatic hydroxyl groups excluding tert-OH is 1. The number of aliphatic hydroxyl groups is 1. The Balaban J connectivity index is 1.78. The van der Waals surface area contributed by atoms with Gasteiger partial charge in [-0.3, -0.25) is 9.59 Å². The first-order valence-corrected chi connectivity index (χ1v) is 10.8. The normalized spacial score (nSPS) is 48.6. The van der Waals surface area contributed by atoms with E-state index in [4.69, 9.17) is 21.1 Å². The zero-order valence-electron chi connectivity index (χ0n) is 17.4. The number of alkyl halides is 1. The van der Waals surface area contributed by atoms with Gasteiger partial charge in [-0.05, 0) is 55.9 Å². The molecule has 4 rings (SSSR count). The van der Waals surface area contributed by atoms with Crippen LogP contribution in [0.25, 0.3) is 0 Å². The molecule has 6 nitrogen and oxygen atoms in total. The number of cyclic esters (lactones) is 1. The zero-order chi connectivity index (χ0) is 21.4. The molecule has 0 unspecified atom stereocenters. The van der Waals surface area contributed by atoms with Gasteiger partial charge < -0.3 is 14.6 Å². The molecule has 0 amide bonds. The van der Waals surface area contributed by atoms with Crippen LogP contribution in [0.4, 0.5) is 0 Å². The minimum absolute atomic E-state index is 0.0169. The van der Waals surface area contributed by atoms with E-state index >= 15 is 0 Å². The minimum atomic E-state index is -1.16. The van der Waals surface area contributed by atoms with Crippen LogP contribution in [-0.4, -0.2) is 46.5 Å². The first-order chi connectivity index (χ1) is 13.5. The molecular formula is C22H29ClO6. The Morgan fingerprint density at radius 3 is 2.48 bits per heavy atom. The molecule has 0 aromatic carbocycles. The summed E-state index contributed by atoms with van der Waals surface area (Å²) in [4.78, 5) is 36.5. The fraction of sp³-hybridized carbons (Fsp3) is 0.773. The van der Waals surface area contributed by atoms with Gasteiger partial charge in [0.25, 0.3) is 0 Å². The summed E-state index contributed by atoms with van der Waals surface area (Å²) >= 11 is 6.69. The van der Waals surface area contributed by atoms with Crippen LogP contribution in [0.5, 0.6) is 0 Å². The summed E-state index contributed by atoms with van der Waals surface area (Å²) in [6.07, 6.45) is 3.18. The van der Waals surface area contributed by atoms with Crippen molar-refractivity contribution in [1.82, 2.24) is 0 Å². The third-order valence-corrected chi connectivity index (χ3v) is 9.09. The lowest BCUT2D eigenvalue weighted by Gasteiger charge is -2.60. The quantitative estimate of drug-likeness (QED) is 0.541. The second-order valence-electron chi connectivity index (χ2n) is 9.78. The summed E-state index contributed by atoms with van der Waals surface area (Å²) in [7, 11) is 0. The van der Waals surface area contributed by atoms with Crippen LogP contribution in [0.15, 0.2) is 11.6 Å². The van der Waals surface area contributed by atoms with Crippen LogP contribution in [0.2, 0.25) is 0 Å². The van der Waals surface area contributed by atoms with Crippen molar-refractivity contribution in [1.29, 1.82) is 0 Å². The molecule has 3 saturated carbocycles. The Morgan fingerprint density at radius 1 is 1.21 bits per heavy atom. The number of fused-ring (bicyclic) bond motifs is 5. The van der Waals surface area contributed by atoms with E-state index < -0.39 is 39.9 Å². The summed E-state index contributed by atoms with van der Waals surface area (Å²) in [5, 5.41) is 10.6. The fourth-order valence-electron chi connectivity index (χ4n) is 7.21. The van der Waals surface area contributed by atoms with Gasteiger partial charge >= 0.3 is 11.9 Å². The molecule has 0 spiro atoms. The Morgan fingerprint density at radius 2 is 1.86 bits per heavy atom. The van der Waals surface area contributed by atoms with Gasteiger partial charge in [0.15, 0.2) is 11.4 Å². The molecule has 0 aromatic heterocycles. The van der Waals surface area contributed by atoms with Crippen LogP contribution in [0, 0.1) is 28.6 Å². The minimum Gasteiger partial charge on any atom is -0.462 e. The number of carbonyl (C=O) groups is 3. The van der Waals surface area contributed by atoms with Crippen LogP contribution >= 0.6 is 11.6 Å². The maximum atomic E-state index is 12.8. The molecule has 0 bridgehead atoms. The smallest absolute Gasteiger partial charge is 0.330 e. The predicted octanol–water partition coefficient (Wildman–Crippen LogP) is 2.79. The maximum Gasteiger partial charge on any atom is 0.330 e. The van der Waals surface area contributed by atoms with Gasteiger partial charge in [0.2, 0.25) is 0 Å². The molecule has 3 aliphatic carbocycles. The van der Waals surface area contributed by atoms with Crippen molar-refractivity contribution < 1.29 is 29.0 Å². The van der Waals surface area contributed by atoms with Crippen LogP contribution < -0.4 is 0 Å². The molecule has 1 N–H and O–H groups in total. The Bertz CT molecular complexity index is 807. The monoisotopic (exact) mass is 424 g/mol. The average molecular weight is 425 g/mol. The number of ether oxygens (including phenoxy) is 2. The third kappa shape index (κ3) is 2.61. The molecule has 4 aliphatic rings. The standard InChI is InChI=1S/C22H29ClO6/c1-11(24)22(29-12(2)25)8-6-14-17-13(5-7-21(14,22)4)20(3)10-28-16(26)9-15(20)18(23)19(17)27/h9,13-14,17-19,27H,5-8,10H2,1-4H3/t13-,14-,17+,18+,19-,20+,21-,22-/m0/s1. The molecule has 3 fully saturated rings. The van der Waals surface area contributed by atoms with E-state index in [9.17, 15) is 19.5 Å². The molecule has 29 heavy (non-hydrogen) atoms. The van der Waals surface area contributed by atoms with Crippen LogP contribution in [0.3, 0.4) is 0 Å². The van der Waals surface area contributed by atoms with Crippen molar-refractivity contribution >= 4 is 29.3 Å². The van der Waals surface area contributed by atoms with E-state index in [1.165, 1.54) is 19.9 Å². The Kier molecular flexibility index (Phi) is 4.71. The van der Waals surface area contributed by atoms with E-state index in [1.54, 1.807) is 0 Å². The first-order valence-electron chi connectivity index (χ1n) is 10.4. The highest BCUT2D eigenvalue weighted by Crippen LogP contribution is 2.68. The number of halogens is 1.